The molecular formula is C5H12FN. The summed E-state index contributed by atoms with van der Waals surface area (Å²) < 4.78 is 11.4. The SMILES string of the molecule is CCC(N)CCF. The van der Waals surface area contributed by atoms with E-state index in [1.807, 2.05) is 6.92 Å². The van der Waals surface area contributed by atoms with Crippen molar-refractivity contribution in [3.8, 4) is 0 Å². The van der Waals surface area contributed by atoms with Crippen LogP contribution in [-0.2, 0) is 0 Å². The van der Waals surface area contributed by atoms with Crippen molar-refractivity contribution in [3.05, 3.63) is 0 Å². The Balaban J connectivity index is 2.83. The van der Waals surface area contributed by atoms with Crippen LogP contribution in [0.3, 0.4) is 0 Å². The summed E-state index contributed by atoms with van der Waals surface area (Å²) in [6.45, 7) is 1.68. The molecule has 0 fully saturated rings. The zero-order valence-corrected chi connectivity index (χ0v) is 4.65. The zero-order chi connectivity index (χ0) is 5.70. The van der Waals surface area contributed by atoms with Crippen molar-refractivity contribution in [3.63, 3.8) is 0 Å². The standard InChI is InChI=1S/C5H12FN/c1-2-5(7)3-4-6/h5H,2-4,7H2,1H3. The minimum absolute atomic E-state index is 0.0741. The first kappa shape index (κ1) is 6.89. The summed E-state index contributed by atoms with van der Waals surface area (Å²) in [4.78, 5) is 0. The Morgan fingerprint density at radius 2 is 2.29 bits per heavy atom. The molecule has 2 N–H and O–H groups in total. The van der Waals surface area contributed by atoms with E-state index >= 15 is 0 Å². The molecule has 0 saturated heterocycles. The van der Waals surface area contributed by atoms with Gasteiger partial charge in [-0.05, 0) is 12.8 Å². The van der Waals surface area contributed by atoms with Gasteiger partial charge in [-0.2, -0.15) is 0 Å². The topological polar surface area (TPSA) is 26.0 Å². The van der Waals surface area contributed by atoms with Crippen LogP contribution in [0, 0.1) is 0 Å². The van der Waals surface area contributed by atoms with Gasteiger partial charge in [-0.3, -0.25) is 4.39 Å². The fourth-order valence-electron chi connectivity index (χ4n) is 0.344. The quantitative estimate of drug-likeness (QED) is 0.571. The minimum Gasteiger partial charge on any atom is -0.328 e. The van der Waals surface area contributed by atoms with E-state index < -0.39 is 0 Å². The molecule has 0 radical (unpaired) electrons. The molecule has 0 spiro atoms. The molecule has 44 valence electrons. The normalized spacial score (nSPS) is 14.1. The molecule has 1 atom stereocenters. The summed E-state index contributed by atoms with van der Waals surface area (Å²) in [7, 11) is 0. The summed E-state index contributed by atoms with van der Waals surface area (Å²) in [5.74, 6) is 0. The molecule has 0 aromatic rings. The van der Waals surface area contributed by atoms with Gasteiger partial charge in [0.2, 0.25) is 0 Å². The second kappa shape index (κ2) is 4.06. The highest BCUT2D eigenvalue weighted by atomic mass is 19.1. The van der Waals surface area contributed by atoms with Gasteiger partial charge in [0, 0.05) is 6.04 Å². The molecule has 0 aromatic carbocycles. The van der Waals surface area contributed by atoms with Crippen LogP contribution in [0.2, 0.25) is 0 Å². The molecule has 0 aromatic heterocycles. The third-order valence-electron chi connectivity index (χ3n) is 1.00. The Labute approximate surface area is 43.7 Å². The van der Waals surface area contributed by atoms with Crippen LogP contribution in [0.15, 0.2) is 0 Å². The summed E-state index contributed by atoms with van der Waals surface area (Å²) in [5, 5.41) is 0. The van der Waals surface area contributed by atoms with E-state index in [0.717, 1.165) is 6.42 Å². The van der Waals surface area contributed by atoms with Gasteiger partial charge in [0.05, 0.1) is 6.67 Å². The van der Waals surface area contributed by atoms with Crippen molar-refractivity contribution in [1.82, 2.24) is 0 Å². The van der Waals surface area contributed by atoms with Crippen LogP contribution >= 0.6 is 0 Å². The fraction of sp³-hybridized carbons (Fsp3) is 1.00. The third kappa shape index (κ3) is 3.73. The predicted octanol–water partition coefficient (Wildman–Crippen LogP) is 1.08. The molecule has 7 heavy (non-hydrogen) atoms. The Morgan fingerprint density at radius 3 is 2.43 bits per heavy atom. The Morgan fingerprint density at radius 1 is 1.71 bits per heavy atom. The molecule has 0 rings (SSSR count). The maximum atomic E-state index is 11.4. The predicted molar refractivity (Wildman–Crippen MR) is 28.9 cm³/mol. The van der Waals surface area contributed by atoms with Gasteiger partial charge in [0.1, 0.15) is 0 Å². The second-order valence-corrected chi connectivity index (χ2v) is 1.65. The molecule has 0 amide bonds. The van der Waals surface area contributed by atoms with Gasteiger partial charge < -0.3 is 5.73 Å². The van der Waals surface area contributed by atoms with Crippen molar-refractivity contribution in [2.75, 3.05) is 6.67 Å². The van der Waals surface area contributed by atoms with Crippen molar-refractivity contribution < 1.29 is 4.39 Å². The lowest BCUT2D eigenvalue weighted by Crippen LogP contribution is -2.18. The summed E-state index contributed by atoms with van der Waals surface area (Å²) in [6, 6.07) is 0.0741. The number of nitrogens with two attached hydrogens (primary N) is 1. The number of halogens is 1. The van der Waals surface area contributed by atoms with Crippen LogP contribution in [0.4, 0.5) is 4.39 Å². The van der Waals surface area contributed by atoms with Gasteiger partial charge in [-0.25, -0.2) is 0 Å². The Kier molecular flexibility index (Phi) is 4.00. The van der Waals surface area contributed by atoms with Gasteiger partial charge in [0.25, 0.3) is 0 Å². The average molecular weight is 105 g/mol. The highest BCUT2D eigenvalue weighted by Gasteiger charge is 1.94. The first-order valence-corrected chi connectivity index (χ1v) is 2.62. The number of hydrogen-bond donors (Lipinski definition) is 1. The molecule has 0 aliphatic heterocycles. The van der Waals surface area contributed by atoms with Crippen LogP contribution < -0.4 is 5.73 Å². The van der Waals surface area contributed by atoms with Crippen molar-refractivity contribution in [2.45, 2.75) is 25.8 Å². The minimum atomic E-state index is -0.283. The summed E-state index contributed by atoms with van der Waals surface area (Å²) >= 11 is 0. The fourth-order valence-corrected chi connectivity index (χ4v) is 0.344. The van der Waals surface area contributed by atoms with E-state index in [4.69, 9.17) is 5.73 Å². The van der Waals surface area contributed by atoms with Crippen molar-refractivity contribution in [1.29, 1.82) is 0 Å². The maximum Gasteiger partial charge on any atom is 0.0909 e. The summed E-state index contributed by atoms with van der Waals surface area (Å²) in [6.07, 6.45) is 1.39. The Hall–Kier alpha value is -0.110. The third-order valence-corrected chi connectivity index (χ3v) is 1.00. The molecule has 1 nitrogen and oxygen atoms in total. The van der Waals surface area contributed by atoms with Crippen LogP contribution in [0.5, 0.6) is 0 Å². The molecule has 0 saturated carbocycles. The monoisotopic (exact) mass is 105 g/mol. The molecule has 1 unspecified atom stereocenters. The average Bonchev–Trinajstić information content (AvgIpc) is 1.68. The summed E-state index contributed by atoms with van der Waals surface area (Å²) in [5.41, 5.74) is 5.34. The van der Waals surface area contributed by atoms with E-state index in [1.165, 1.54) is 0 Å². The van der Waals surface area contributed by atoms with E-state index in [2.05, 4.69) is 0 Å². The van der Waals surface area contributed by atoms with Crippen molar-refractivity contribution in [2.24, 2.45) is 5.73 Å². The van der Waals surface area contributed by atoms with E-state index in [0.29, 0.717) is 6.42 Å². The lowest BCUT2D eigenvalue weighted by atomic mass is 10.2. The van der Waals surface area contributed by atoms with Gasteiger partial charge in [-0.15, -0.1) is 0 Å². The largest absolute Gasteiger partial charge is 0.328 e. The highest BCUT2D eigenvalue weighted by Crippen LogP contribution is 1.91. The number of hydrogen-bond acceptors (Lipinski definition) is 1. The molecule has 0 bridgehead atoms. The molecule has 0 aliphatic carbocycles. The molecule has 0 heterocycles. The number of alkyl halides is 1. The van der Waals surface area contributed by atoms with E-state index in [-0.39, 0.29) is 12.7 Å². The first-order chi connectivity index (χ1) is 3.31. The lowest BCUT2D eigenvalue weighted by Gasteiger charge is -2.01. The van der Waals surface area contributed by atoms with Gasteiger partial charge in [0.15, 0.2) is 0 Å². The van der Waals surface area contributed by atoms with Gasteiger partial charge >= 0.3 is 0 Å². The highest BCUT2D eigenvalue weighted by molar-refractivity contribution is 4.55. The smallest absolute Gasteiger partial charge is 0.0909 e. The Bertz CT molecular complexity index is 39.1. The van der Waals surface area contributed by atoms with E-state index in [9.17, 15) is 4.39 Å². The van der Waals surface area contributed by atoms with Gasteiger partial charge in [-0.1, -0.05) is 6.92 Å². The number of rotatable bonds is 3. The van der Waals surface area contributed by atoms with Crippen LogP contribution in [0.1, 0.15) is 19.8 Å². The molecule has 2 heteroatoms. The lowest BCUT2D eigenvalue weighted by molar-refractivity contribution is 0.432. The van der Waals surface area contributed by atoms with E-state index in [1.54, 1.807) is 0 Å². The van der Waals surface area contributed by atoms with Crippen molar-refractivity contribution >= 4 is 0 Å². The zero-order valence-electron chi connectivity index (χ0n) is 4.65. The van der Waals surface area contributed by atoms with Crippen LogP contribution in [-0.4, -0.2) is 12.7 Å². The molecular weight excluding hydrogens is 93.1 g/mol. The first-order valence-electron chi connectivity index (χ1n) is 2.62. The second-order valence-electron chi connectivity index (χ2n) is 1.65. The maximum absolute atomic E-state index is 11.4. The van der Waals surface area contributed by atoms with Crippen LogP contribution in [0.25, 0.3) is 0 Å². The molecule has 0 aliphatic rings.